The molecular weight excluding hydrogens is 940 g/mol. The summed E-state index contributed by atoms with van der Waals surface area (Å²) in [7, 11) is -5.08. The van der Waals surface area contributed by atoms with Crippen molar-refractivity contribution in [2.75, 3.05) is 52.5 Å². The molecule has 0 aliphatic heterocycles. The number of nitrogens with zero attached hydrogens (tertiary/aromatic N) is 1. The van der Waals surface area contributed by atoms with E-state index >= 15 is 0 Å². The molecule has 0 aliphatic rings. The molecule has 0 saturated heterocycles. The summed E-state index contributed by atoms with van der Waals surface area (Å²) in [5, 5.41) is 54.8. The van der Waals surface area contributed by atoms with E-state index in [0.717, 1.165) is 51.4 Å². The molecule has 10 N–H and O–H groups in total. The first-order valence-corrected chi connectivity index (χ1v) is 26.8. The number of rotatable bonds is 50. The number of carboxylic acid groups (broad SMARTS) is 5. The molecular formula is C47H87N4O18P. The molecule has 23 heteroatoms. The molecule has 0 aromatic carbocycles. The lowest BCUT2D eigenvalue weighted by Gasteiger charge is -2.54. The summed E-state index contributed by atoms with van der Waals surface area (Å²) in [4.78, 5) is 97.9. The van der Waals surface area contributed by atoms with Gasteiger partial charge in [0.25, 0.3) is 0 Å². The predicted molar refractivity (Wildman–Crippen MR) is 259 cm³/mol. The monoisotopic (exact) mass is 1030 g/mol. The quantitative estimate of drug-likeness (QED) is 0.0137. The van der Waals surface area contributed by atoms with Gasteiger partial charge in [0.1, 0.15) is 6.61 Å². The molecule has 22 nitrogen and oxygen atoms in total. The van der Waals surface area contributed by atoms with Gasteiger partial charge >= 0.3 is 49.6 Å². The number of carbonyl (C=O) groups is 7. The van der Waals surface area contributed by atoms with Crippen LogP contribution in [0.15, 0.2) is 0 Å². The van der Waals surface area contributed by atoms with Gasteiger partial charge in [-0.05, 0) is 12.8 Å². The van der Waals surface area contributed by atoms with Crippen molar-refractivity contribution in [3.63, 3.8) is 0 Å². The highest BCUT2D eigenvalue weighted by Gasteiger charge is 2.58. The molecule has 0 radical (unpaired) electrons. The lowest BCUT2D eigenvalue weighted by molar-refractivity contribution is -0.164. The van der Waals surface area contributed by atoms with Gasteiger partial charge in [-0.1, -0.05) is 142 Å². The van der Waals surface area contributed by atoms with Crippen molar-refractivity contribution < 1.29 is 87.1 Å². The molecule has 0 saturated carbocycles. The van der Waals surface area contributed by atoms with Crippen LogP contribution in [0.5, 0.6) is 0 Å². The number of esters is 2. The second-order valence-corrected chi connectivity index (χ2v) is 19.4. The lowest BCUT2D eigenvalue weighted by Crippen LogP contribution is -2.79. The third kappa shape index (κ3) is 32.3. The van der Waals surface area contributed by atoms with E-state index in [1.807, 2.05) is 0 Å². The maximum absolute atomic E-state index is 13.2. The minimum atomic E-state index is -5.08. The van der Waals surface area contributed by atoms with Gasteiger partial charge < -0.3 is 45.6 Å². The molecule has 0 spiro atoms. The van der Waals surface area contributed by atoms with Crippen molar-refractivity contribution in [2.24, 2.45) is 5.73 Å². The Morgan fingerprint density at radius 1 is 0.543 bits per heavy atom. The molecule has 0 aromatic heterocycles. The van der Waals surface area contributed by atoms with Crippen LogP contribution in [-0.2, 0) is 56.6 Å². The van der Waals surface area contributed by atoms with E-state index in [1.54, 1.807) is 0 Å². The number of carbonyl (C=O) groups excluding carboxylic acids is 2. The third-order valence-corrected chi connectivity index (χ3v) is 12.8. The molecule has 0 bridgehead atoms. The van der Waals surface area contributed by atoms with Gasteiger partial charge in [0.05, 0.1) is 56.8 Å². The number of aliphatic carboxylic acids is 5. The van der Waals surface area contributed by atoms with E-state index in [9.17, 15) is 68.6 Å². The van der Waals surface area contributed by atoms with E-state index in [4.69, 9.17) is 24.3 Å². The molecule has 0 aromatic rings. The van der Waals surface area contributed by atoms with E-state index in [1.165, 1.54) is 77.0 Å². The number of ether oxygens (including phenoxy) is 2. The van der Waals surface area contributed by atoms with Crippen LogP contribution in [0.25, 0.3) is 0 Å². The Kier molecular flexibility index (Phi) is 37.7. The van der Waals surface area contributed by atoms with Crippen LogP contribution >= 0.6 is 7.82 Å². The van der Waals surface area contributed by atoms with Crippen LogP contribution in [0.1, 0.15) is 187 Å². The second-order valence-electron chi connectivity index (χ2n) is 17.9. The molecule has 0 amide bonds. The number of nitrogens with one attached hydrogen (secondary N) is 2. The van der Waals surface area contributed by atoms with Crippen molar-refractivity contribution in [2.45, 2.75) is 205 Å². The maximum Gasteiger partial charge on any atom is 0.472 e. The number of phosphoric acid groups is 1. The molecule has 0 aliphatic carbocycles. The normalized spacial score (nSPS) is 13.8. The van der Waals surface area contributed by atoms with Gasteiger partial charge in [-0.2, -0.15) is 0 Å². The number of carboxylic acids is 5. The smallest absolute Gasteiger partial charge is 0.472 e. The van der Waals surface area contributed by atoms with Crippen LogP contribution in [0.4, 0.5) is 0 Å². The van der Waals surface area contributed by atoms with E-state index in [0.29, 0.717) is 17.7 Å². The summed E-state index contributed by atoms with van der Waals surface area (Å²) >= 11 is 0. The molecule has 0 fully saturated rings. The largest absolute Gasteiger partial charge is 0.481 e. The first-order valence-electron chi connectivity index (χ1n) is 25.3. The van der Waals surface area contributed by atoms with Crippen molar-refractivity contribution in [3.8, 4) is 0 Å². The SMILES string of the molecule is CCCCCCCCCCCCCC(=O)OC[C@H](COP(=O)(O)OCCNC(CC(=O)O)(NCCN)C(CC(=O)O)(CC(=O)O)N(CC(=O)O)CC(=O)O)OC(=O)CCCCCCCCCCCCC. The Hall–Kier alpha value is -3.76. The highest BCUT2D eigenvalue weighted by molar-refractivity contribution is 7.47. The van der Waals surface area contributed by atoms with E-state index < -0.39 is 126 Å². The Balaban J connectivity index is 5.97. The molecule has 0 heterocycles. The van der Waals surface area contributed by atoms with Crippen molar-refractivity contribution >= 4 is 49.6 Å². The molecule has 0 rings (SSSR count). The summed E-state index contributed by atoms with van der Waals surface area (Å²) in [6.45, 7) is -1.51. The molecule has 70 heavy (non-hydrogen) atoms. The van der Waals surface area contributed by atoms with Gasteiger partial charge in [0.2, 0.25) is 0 Å². The van der Waals surface area contributed by atoms with Gasteiger partial charge in [-0.15, -0.1) is 0 Å². The number of hydrogen-bond donors (Lipinski definition) is 9. The summed E-state index contributed by atoms with van der Waals surface area (Å²) in [5.41, 5.74) is 0.487. The standard InChI is InChI=1S/C47H87N4O18P/c1-3-5-7-9-11-13-15-17-19-21-23-25-44(62)66-36-38(69-45(63)26-24-22-20-18-16-14-12-10-8-6-4-2)37-68-70(64,65)67-30-29-50-47(33-41(56)57,49-28-27-48)46(31-39(52)53,32-40(54)55)51(34-42(58)59)35-43(60)61/h38,49-50H,3-37,48H2,1-2H3,(H,52,53)(H,54,55)(H,56,57)(H,58,59)(H,60,61)(H,64,65)/t38-,47?/m1/s1. The number of nitrogens with two attached hydrogens (primary N) is 1. The van der Waals surface area contributed by atoms with E-state index in [2.05, 4.69) is 24.5 Å². The molecule has 3 atom stereocenters. The average Bonchev–Trinajstić information content (AvgIpc) is 3.27. The highest BCUT2D eigenvalue weighted by Crippen LogP contribution is 2.43. The lowest BCUT2D eigenvalue weighted by atomic mass is 9.73. The third-order valence-electron chi connectivity index (χ3n) is 11.8. The van der Waals surface area contributed by atoms with Gasteiger partial charge in [0.15, 0.2) is 6.10 Å². The Morgan fingerprint density at radius 2 is 0.943 bits per heavy atom. The fraction of sp³-hybridized carbons (Fsp3) is 0.851. The van der Waals surface area contributed by atoms with E-state index in [-0.39, 0.29) is 25.9 Å². The van der Waals surface area contributed by atoms with Crippen LogP contribution in [0.2, 0.25) is 0 Å². The van der Waals surface area contributed by atoms with Gasteiger partial charge in [0, 0.05) is 32.5 Å². The maximum atomic E-state index is 13.2. The molecule has 408 valence electrons. The fourth-order valence-corrected chi connectivity index (χ4v) is 9.11. The number of hydrogen-bond acceptors (Lipinski definition) is 16. The first-order chi connectivity index (χ1) is 33.3. The molecule has 2 unspecified atom stereocenters. The van der Waals surface area contributed by atoms with Crippen molar-refractivity contribution in [1.82, 2.24) is 15.5 Å². The second kappa shape index (κ2) is 39.8. The highest BCUT2D eigenvalue weighted by atomic mass is 31.2. The van der Waals surface area contributed by atoms with Crippen molar-refractivity contribution in [3.05, 3.63) is 0 Å². The summed E-state index contributed by atoms with van der Waals surface area (Å²) in [6.07, 6.45) is 18.7. The summed E-state index contributed by atoms with van der Waals surface area (Å²) in [6, 6.07) is 0. The minimum Gasteiger partial charge on any atom is -0.481 e. The van der Waals surface area contributed by atoms with Crippen LogP contribution < -0.4 is 16.4 Å². The zero-order valence-corrected chi connectivity index (χ0v) is 42.8. The van der Waals surface area contributed by atoms with Crippen molar-refractivity contribution in [1.29, 1.82) is 0 Å². The summed E-state index contributed by atoms with van der Waals surface area (Å²) < 4.78 is 34.3. The fourth-order valence-electron chi connectivity index (χ4n) is 8.36. The van der Waals surface area contributed by atoms with Gasteiger partial charge in [-0.3, -0.25) is 58.1 Å². The number of phosphoric ester groups is 1. The zero-order valence-electron chi connectivity index (χ0n) is 41.9. The van der Waals surface area contributed by atoms with Gasteiger partial charge in [-0.25, -0.2) is 4.57 Å². The minimum absolute atomic E-state index is 0.0387. The predicted octanol–water partition coefficient (Wildman–Crippen LogP) is 6.45. The van der Waals surface area contributed by atoms with Crippen LogP contribution in [0.3, 0.4) is 0 Å². The zero-order chi connectivity index (χ0) is 52.7. The number of unbranched alkanes of at least 4 members (excludes halogenated alkanes) is 20. The first kappa shape index (κ1) is 66.2. The summed E-state index contributed by atoms with van der Waals surface area (Å²) in [5.74, 6) is -9.81. The Labute approximate surface area is 414 Å². The topological polar surface area (TPSA) is 348 Å². The Morgan fingerprint density at radius 3 is 1.34 bits per heavy atom. The Bertz CT molecular complexity index is 1530. The van der Waals surface area contributed by atoms with Crippen LogP contribution in [0, 0.1) is 0 Å². The average molecular weight is 1030 g/mol. The van der Waals surface area contributed by atoms with Crippen LogP contribution in [-0.4, -0.2) is 147 Å².